The van der Waals surface area contributed by atoms with Gasteiger partial charge in [0.2, 0.25) is 5.82 Å². The van der Waals surface area contributed by atoms with E-state index in [1.165, 1.54) is 33.1 Å². The Bertz CT molecular complexity index is 985. The van der Waals surface area contributed by atoms with Crippen LogP contribution >= 0.6 is 11.3 Å². The molecule has 27 heavy (non-hydrogen) atoms. The van der Waals surface area contributed by atoms with Crippen molar-refractivity contribution in [3.8, 4) is 16.4 Å². The Hall–Kier alpha value is -3.07. The van der Waals surface area contributed by atoms with Crippen LogP contribution in [0.2, 0.25) is 0 Å². The van der Waals surface area contributed by atoms with Gasteiger partial charge in [0.1, 0.15) is 11.9 Å². The summed E-state index contributed by atoms with van der Waals surface area (Å²) in [5, 5.41) is 15.5. The van der Waals surface area contributed by atoms with Crippen LogP contribution in [0.1, 0.15) is 23.5 Å². The molecule has 1 aliphatic heterocycles. The molecule has 1 aromatic carbocycles. The van der Waals surface area contributed by atoms with E-state index in [2.05, 4.69) is 10.1 Å². The number of likely N-dealkylation sites (tertiary alicyclic amines) is 1. The van der Waals surface area contributed by atoms with E-state index >= 15 is 0 Å². The van der Waals surface area contributed by atoms with Crippen molar-refractivity contribution in [2.24, 2.45) is 0 Å². The molecule has 138 valence electrons. The molecule has 1 unspecified atom stereocenters. The lowest BCUT2D eigenvalue weighted by Crippen LogP contribution is -2.40. The zero-order valence-corrected chi connectivity index (χ0v) is 14.9. The molecule has 1 fully saturated rings. The van der Waals surface area contributed by atoms with Gasteiger partial charge < -0.3 is 10.0 Å². The van der Waals surface area contributed by atoms with E-state index < -0.39 is 17.9 Å². The van der Waals surface area contributed by atoms with Gasteiger partial charge in [-0.05, 0) is 48.6 Å². The molecule has 7 nitrogen and oxygen atoms in total. The molecule has 1 N–H and O–H groups in total. The zero-order valence-electron chi connectivity index (χ0n) is 14.1. The Morgan fingerprint density at radius 3 is 2.67 bits per heavy atom. The first-order chi connectivity index (χ1) is 13.0. The third-order valence-corrected chi connectivity index (χ3v) is 5.28. The van der Waals surface area contributed by atoms with E-state index in [1.807, 2.05) is 17.5 Å². The summed E-state index contributed by atoms with van der Waals surface area (Å²) in [6.45, 7) is 0.356. The lowest BCUT2D eigenvalue weighted by Gasteiger charge is -2.19. The maximum absolute atomic E-state index is 13.3. The van der Waals surface area contributed by atoms with Crippen molar-refractivity contribution in [2.75, 3.05) is 6.54 Å². The minimum atomic E-state index is -1.03. The van der Waals surface area contributed by atoms with Gasteiger partial charge in [-0.1, -0.05) is 6.07 Å². The first-order valence-electron chi connectivity index (χ1n) is 8.35. The number of carboxylic acid groups (broad SMARTS) is 1. The number of hydrogen-bond acceptors (Lipinski definition) is 5. The highest BCUT2D eigenvalue weighted by Gasteiger charge is 2.36. The first-order valence-corrected chi connectivity index (χ1v) is 9.23. The summed E-state index contributed by atoms with van der Waals surface area (Å²) in [6.07, 6.45) is 1.04. The number of rotatable bonds is 4. The topological polar surface area (TPSA) is 88.3 Å². The van der Waals surface area contributed by atoms with Crippen molar-refractivity contribution < 1.29 is 19.1 Å². The summed E-state index contributed by atoms with van der Waals surface area (Å²) in [7, 11) is 0. The van der Waals surface area contributed by atoms with E-state index in [1.54, 1.807) is 12.1 Å². The Morgan fingerprint density at radius 1 is 1.22 bits per heavy atom. The van der Waals surface area contributed by atoms with Crippen molar-refractivity contribution >= 4 is 23.2 Å². The Morgan fingerprint density at radius 2 is 2.00 bits per heavy atom. The van der Waals surface area contributed by atoms with E-state index in [9.17, 15) is 19.1 Å². The summed E-state index contributed by atoms with van der Waals surface area (Å²) in [5.74, 6) is -1.55. The predicted octanol–water partition coefficient (Wildman–Crippen LogP) is 2.82. The molecule has 0 bridgehead atoms. The minimum Gasteiger partial charge on any atom is -0.480 e. The fraction of sp³-hybridized carbons (Fsp3) is 0.222. The van der Waals surface area contributed by atoms with Gasteiger partial charge in [-0.2, -0.15) is 0 Å². The summed E-state index contributed by atoms with van der Waals surface area (Å²) in [5.41, 5.74) is 0.558. The van der Waals surface area contributed by atoms with Crippen molar-refractivity contribution in [1.82, 2.24) is 19.7 Å². The second-order valence-electron chi connectivity index (χ2n) is 6.12. The van der Waals surface area contributed by atoms with Crippen molar-refractivity contribution in [1.29, 1.82) is 0 Å². The molecule has 0 radical (unpaired) electrons. The average Bonchev–Trinajstić information content (AvgIpc) is 3.40. The molecule has 1 amide bonds. The molecule has 1 saturated heterocycles. The number of carbonyl (C=O) groups excluding carboxylic acids is 1. The number of carbonyl (C=O) groups is 2. The Kier molecular flexibility index (Phi) is 4.44. The molecule has 1 aliphatic rings. The third kappa shape index (κ3) is 3.21. The van der Waals surface area contributed by atoms with Gasteiger partial charge in [0, 0.05) is 6.54 Å². The van der Waals surface area contributed by atoms with Crippen LogP contribution in [0.5, 0.6) is 0 Å². The molecule has 3 heterocycles. The van der Waals surface area contributed by atoms with Crippen molar-refractivity contribution in [3.63, 3.8) is 0 Å². The maximum atomic E-state index is 13.3. The monoisotopic (exact) mass is 386 g/mol. The SMILES string of the molecule is O=C(O)C1CCCN1C(=O)c1nc(-c2cccs2)n(-c2ccc(F)cc2)n1. The van der Waals surface area contributed by atoms with Crippen LogP contribution in [-0.2, 0) is 4.79 Å². The predicted molar refractivity (Wildman–Crippen MR) is 96.3 cm³/mol. The van der Waals surface area contributed by atoms with Crippen LogP contribution in [0.3, 0.4) is 0 Å². The van der Waals surface area contributed by atoms with Gasteiger partial charge >= 0.3 is 5.97 Å². The summed E-state index contributed by atoms with van der Waals surface area (Å²) in [6, 6.07) is 8.54. The Labute approximate surface area is 157 Å². The van der Waals surface area contributed by atoms with Crippen LogP contribution in [0, 0.1) is 5.82 Å². The molecule has 4 rings (SSSR count). The molecule has 0 saturated carbocycles. The number of hydrogen-bond donors (Lipinski definition) is 1. The second-order valence-corrected chi connectivity index (χ2v) is 7.07. The smallest absolute Gasteiger partial charge is 0.326 e. The average molecular weight is 386 g/mol. The van der Waals surface area contributed by atoms with Gasteiger partial charge in [0.25, 0.3) is 5.91 Å². The summed E-state index contributed by atoms with van der Waals surface area (Å²) in [4.78, 5) is 30.7. The standard InChI is InChI=1S/C18H15FN4O3S/c19-11-5-7-12(8-6-11)23-16(14-4-2-10-27-14)20-15(21-23)17(24)22-9-1-3-13(22)18(25)26/h2,4-8,10,13H,1,3,9H2,(H,25,26). The molecule has 0 spiro atoms. The molecule has 0 aliphatic carbocycles. The van der Waals surface area contributed by atoms with Crippen LogP contribution in [0.15, 0.2) is 41.8 Å². The number of aliphatic carboxylic acids is 1. The third-order valence-electron chi connectivity index (χ3n) is 4.41. The highest BCUT2D eigenvalue weighted by atomic mass is 32.1. The number of nitrogens with zero attached hydrogens (tertiary/aromatic N) is 4. The number of halogens is 1. The number of carboxylic acids is 1. The van der Waals surface area contributed by atoms with E-state index in [4.69, 9.17) is 0 Å². The largest absolute Gasteiger partial charge is 0.480 e. The summed E-state index contributed by atoms with van der Waals surface area (Å²) >= 11 is 1.43. The number of aromatic nitrogens is 3. The van der Waals surface area contributed by atoms with Crippen molar-refractivity contribution in [2.45, 2.75) is 18.9 Å². The number of amides is 1. The normalized spacial score (nSPS) is 16.6. The lowest BCUT2D eigenvalue weighted by atomic mass is 10.2. The highest BCUT2D eigenvalue weighted by molar-refractivity contribution is 7.13. The van der Waals surface area contributed by atoms with E-state index in [0.717, 1.165) is 4.88 Å². The van der Waals surface area contributed by atoms with E-state index in [0.29, 0.717) is 30.9 Å². The van der Waals surface area contributed by atoms with Gasteiger partial charge in [0.05, 0.1) is 10.6 Å². The lowest BCUT2D eigenvalue weighted by molar-refractivity contribution is -0.141. The van der Waals surface area contributed by atoms with Gasteiger partial charge in [0.15, 0.2) is 5.82 Å². The first kappa shape index (κ1) is 17.3. The number of benzene rings is 1. The zero-order chi connectivity index (χ0) is 19.0. The molecular formula is C18H15FN4O3S. The quantitative estimate of drug-likeness (QED) is 0.745. The molecule has 3 aromatic rings. The molecule has 9 heteroatoms. The van der Waals surface area contributed by atoms with Gasteiger partial charge in [-0.25, -0.2) is 18.9 Å². The van der Waals surface area contributed by atoms with E-state index in [-0.39, 0.29) is 11.6 Å². The molecular weight excluding hydrogens is 371 g/mol. The number of thiophene rings is 1. The van der Waals surface area contributed by atoms with Crippen LogP contribution in [-0.4, -0.2) is 49.2 Å². The fourth-order valence-electron chi connectivity index (χ4n) is 3.13. The maximum Gasteiger partial charge on any atom is 0.326 e. The van der Waals surface area contributed by atoms with Crippen LogP contribution < -0.4 is 0 Å². The van der Waals surface area contributed by atoms with Crippen molar-refractivity contribution in [3.05, 3.63) is 53.4 Å². The van der Waals surface area contributed by atoms with Gasteiger partial charge in [-0.3, -0.25) is 4.79 Å². The fourth-order valence-corrected chi connectivity index (χ4v) is 3.82. The van der Waals surface area contributed by atoms with Crippen LogP contribution in [0.25, 0.3) is 16.4 Å². The van der Waals surface area contributed by atoms with Crippen LogP contribution in [0.4, 0.5) is 4.39 Å². The minimum absolute atomic E-state index is 0.0733. The second kappa shape index (κ2) is 6.92. The molecule has 1 atom stereocenters. The summed E-state index contributed by atoms with van der Waals surface area (Å²) < 4.78 is 14.7. The Balaban J connectivity index is 1.76. The van der Waals surface area contributed by atoms with Gasteiger partial charge in [-0.15, -0.1) is 16.4 Å². The molecule has 2 aromatic heterocycles. The highest BCUT2D eigenvalue weighted by Crippen LogP contribution is 2.27.